The molecule has 1 aromatic carbocycles. The van der Waals surface area contributed by atoms with Crippen LogP contribution in [0.1, 0.15) is 24.3 Å². The van der Waals surface area contributed by atoms with E-state index in [2.05, 4.69) is 10.3 Å². The first-order chi connectivity index (χ1) is 11.9. The third kappa shape index (κ3) is 4.52. The quantitative estimate of drug-likeness (QED) is 0.688. The molecule has 1 amide bonds. The van der Waals surface area contributed by atoms with E-state index in [0.717, 1.165) is 0 Å². The molecule has 0 bridgehead atoms. The number of sulfonamides is 1. The molecule has 0 unspecified atom stereocenters. The van der Waals surface area contributed by atoms with Crippen molar-refractivity contribution < 1.29 is 22.7 Å². The maximum atomic E-state index is 12.4. The van der Waals surface area contributed by atoms with Crippen molar-refractivity contribution >= 4 is 15.9 Å². The fourth-order valence-electron chi connectivity index (χ4n) is 2.13. The molecule has 0 aliphatic rings. The number of benzene rings is 1. The number of nitrogens with zero attached hydrogens (tertiary/aromatic N) is 1. The molecule has 0 aliphatic carbocycles. The molecule has 2 rings (SSSR count). The van der Waals surface area contributed by atoms with E-state index in [0.29, 0.717) is 30.4 Å². The van der Waals surface area contributed by atoms with E-state index in [9.17, 15) is 13.2 Å². The lowest BCUT2D eigenvalue weighted by Crippen LogP contribution is -2.42. The van der Waals surface area contributed by atoms with Crippen molar-refractivity contribution in [2.75, 3.05) is 13.2 Å². The van der Waals surface area contributed by atoms with Gasteiger partial charge in [-0.1, -0.05) is 0 Å². The second-order valence-corrected chi connectivity index (χ2v) is 6.72. The van der Waals surface area contributed by atoms with E-state index in [1.807, 2.05) is 6.92 Å². The smallest absolute Gasteiger partial charge is 0.282 e. The van der Waals surface area contributed by atoms with Crippen LogP contribution in [-0.4, -0.2) is 32.1 Å². The van der Waals surface area contributed by atoms with Crippen LogP contribution in [0.4, 0.5) is 0 Å². The maximum Gasteiger partial charge on any atom is 0.282 e. The zero-order chi connectivity index (χ0) is 18.4. The van der Waals surface area contributed by atoms with Gasteiger partial charge in [0.25, 0.3) is 15.9 Å². The summed E-state index contributed by atoms with van der Waals surface area (Å²) >= 11 is 0. The van der Waals surface area contributed by atoms with Crippen LogP contribution in [0.5, 0.6) is 11.5 Å². The summed E-state index contributed by atoms with van der Waals surface area (Å²) in [6.45, 7) is 4.40. The van der Waals surface area contributed by atoms with Gasteiger partial charge in [0.1, 0.15) is 5.69 Å². The third-order valence-corrected chi connectivity index (χ3v) is 4.55. The van der Waals surface area contributed by atoms with Gasteiger partial charge in [-0.3, -0.25) is 10.2 Å². The minimum absolute atomic E-state index is 0.0495. The van der Waals surface area contributed by atoms with Crippen molar-refractivity contribution in [1.29, 1.82) is 0 Å². The van der Waals surface area contributed by atoms with E-state index < -0.39 is 15.9 Å². The zero-order valence-electron chi connectivity index (χ0n) is 14.3. The van der Waals surface area contributed by atoms with Crippen LogP contribution in [0, 0.1) is 0 Å². The number of nitrogens with one attached hydrogen (secondary N) is 2. The number of carbonyl (C=O) groups is 1. The van der Waals surface area contributed by atoms with E-state index >= 15 is 0 Å². The highest BCUT2D eigenvalue weighted by atomic mass is 32.2. The molecule has 136 valence electrons. The Hall–Kier alpha value is -2.52. The Morgan fingerprint density at radius 3 is 2.40 bits per heavy atom. The summed E-state index contributed by atoms with van der Waals surface area (Å²) in [5, 5.41) is 0. The van der Waals surface area contributed by atoms with Crippen molar-refractivity contribution in [3.05, 3.63) is 42.2 Å². The molecule has 2 aromatic rings. The normalized spacial score (nSPS) is 11.2. The highest BCUT2D eigenvalue weighted by Crippen LogP contribution is 2.30. The molecule has 0 saturated carbocycles. The van der Waals surface area contributed by atoms with Crippen molar-refractivity contribution in [1.82, 2.24) is 14.8 Å². The van der Waals surface area contributed by atoms with Crippen molar-refractivity contribution in [2.45, 2.75) is 18.7 Å². The lowest BCUT2D eigenvalue weighted by molar-refractivity contribution is 0.0937. The highest BCUT2D eigenvalue weighted by Gasteiger charge is 2.19. The van der Waals surface area contributed by atoms with Gasteiger partial charge in [0, 0.05) is 19.3 Å². The second-order valence-electron chi connectivity index (χ2n) is 5.04. The van der Waals surface area contributed by atoms with E-state index in [1.54, 1.807) is 36.9 Å². The Kier molecular flexibility index (Phi) is 6.05. The molecule has 9 heteroatoms. The van der Waals surface area contributed by atoms with Crippen molar-refractivity contribution in [3.8, 4) is 11.5 Å². The molecule has 0 atom stereocenters. The molecule has 25 heavy (non-hydrogen) atoms. The Morgan fingerprint density at radius 1 is 1.12 bits per heavy atom. The maximum absolute atomic E-state index is 12.4. The number of ether oxygens (including phenoxy) is 2. The van der Waals surface area contributed by atoms with Crippen LogP contribution in [0.25, 0.3) is 0 Å². The van der Waals surface area contributed by atoms with Crippen molar-refractivity contribution in [3.63, 3.8) is 0 Å². The second kappa shape index (κ2) is 8.04. The lowest BCUT2D eigenvalue weighted by atomic mass is 10.3. The fraction of sp³-hybridized carbons (Fsp3) is 0.312. The topological polar surface area (TPSA) is 98.7 Å². The van der Waals surface area contributed by atoms with Gasteiger partial charge in [0.2, 0.25) is 0 Å². The van der Waals surface area contributed by atoms with E-state index in [4.69, 9.17) is 9.47 Å². The summed E-state index contributed by atoms with van der Waals surface area (Å²) in [5.74, 6) is 0.212. The molecule has 0 spiro atoms. The molecule has 1 aromatic heterocycles. The number of amides is 1. The standard InChI is InChI=1S/C16H21N3O5S/c1-4-23-14-9-8-12(11-15(14)24-5-2)25(21,22)18-17-16(20)13-7-6-10-19(13)3/h6-11,18H,4-5H2,1-3H3,(H,17,20). The average molecular weight is 367 g/mol. The molecule has 1 heterocycles. The molecule has 2 N–H and O–H groups in total. The van der Waals surface area contributed by atoms with Gasteiger partial charge in [-0.25, -0.2) is 8.42 Å². The fourth-order valence-corrected chi connectivity index (χ4v) is 2.99. The summed E-state index contributed by atoms with van der Waals surface area (Å²) in [4.78, 5) is 14.0. The number of hydrogen-bond acceptors (Lipinski definition) is 5. The van der Waals surface area contributed by atoms with E-state index in [-0.39, 0.29) is 4.90 Å². The van der Waals surface area contributed by atoms with Gasteiger partial charge in [-0.05, 0) is 38.1 Å². The van der Waals surface area contributed by atoms with Crippen LogP contribution in [0.3, 0.4) is 0 Å². The number of rotatable bonds is 8. The van der Waals surface area contributed by atoms with Crippen molar-refractivity contribution in [2.24, 2.45) is 7.05 Å². The molecule has 0 saturated heterocycles. The summed E-state index contributed by atoms with van der Waals surface area (Å²) in [6.07, 6.45) is 1.68. The Bertz CT molecular complexity index is 845. The summed E-state index contributed by atoms with van der Waals surface area (Å²) in [7, 11) is -2.27. The van der Waals surface area contributed by atoms with Gasteiger partial charge >= 0.3 is 0 Å². The Labute approximate surface area is 146 Å². The SMILES string of the molecule is CCOc1ccc(S(=O)(=O)NNC(=O)c2cccn2C)cc1OCC. The lowest BCUT2D eigenvalue weighted by Gasteiger charge is -2.13. The molecule has 0 fully saturated rings. The molecular formula is C16H21N3O5S. The third-order valence-electron chi connectivity index (χ3n) is 3.30. The number of carbonyl (C=O) groups excluding carboxylic acids is 1. The van der Waals surface area contributed by atoms with Gasteiger partial charge in [0.15, 0.2) is 11.5 Å². The number of aromatic nitrogens is 1. The number of hydrazine groups is 1. The largest absolute Gasteiger partial charge is 0.490 e. The van der Waals surface area contributed by atoms with Gasteiger partial charge < -0.3 is 14.0 Å². The number of aryl methyl sites for hydroxylation is 1. The first-order valence-electron chi connectivity index (χ1n) is 7.72. The minimum Gasteiger partial charge on any atom is -0.490 e. The van der Waals surface area contributed by atoms with Gasteiger partial charge in [-0.2, -0.15) is 0 Å². The number of hydrogen-bond donors (Lipinski definition) is 2. The first-order valence-corrected chi connectivity index (χ1v) is 9.20. The van der Waals surface area contributed by atoms with Gasteiger partial charge in [-0.15, -0.1) is 4.83 Å². The molecule has 0 radical (unpaired) electrons. The summed E-state index contributed by atoms with van der Waals surface area (Å²) in [5.41, 5.74) is 2.51. The first kappa shape index (κ1) is 18.8. The highest BCUT2D eigenvalue weighted by molar-refractivity contribution is 7.89. The Morgan fingerprint density at radius 2 is 1.80 bits per heavy atom. The van der Waals surface area contributed by atoms with E-state index in [1.165, 1.54) is 18.2 Å². The Balaban J connectivity index is 2.17. The van der Waals surface area contributed by atoms with Gasteiger partial charge in [0.05, 0.1) is 18.1 Å². The van der Waals surface area contributed by atoms with Crippen LogP contribution in [0.2, 0.25) is 0 Å². The predicted molar refractivity (Wildman–Crippen MR) is 92.0 cm³/mol. The molecule has 0 aliphatic heterocycles. The monoisotopic (exact) mass is 367 g/mol. The minimum atomic E-state index is -3.96. The van der Waals surface area contributed by atoms with Crippen LogP contribution in [0.15, 0.2) is 41.4 Å². The van der Waals surface area contributed by atoms with Crippen LogP contribution < -0.4 is 19.7 Å². The van der Waals surface area contributed by atoms with Crippen LogP contribution >= 0.6 is 0 Å². The zero-order valence-corrected chi connectivity index (χ0v) is 15.1. The van der Waals surface area contributed by atoms with Crippen LogP contribution in [-0.2, 0) is 17.1 Å². The summed E-state index contributed by atoms with van der Waals surface area (Å²) in [6, 6.07) is 7.51. The molecule has 8 nitrogen and oxygen atoms in total. The molecular weight excluding hydrogens is 346 g/mol. The summed E-state index contributed by atoms with van der Waals surface area (Å²) < 4.78 is 37.2. The average Bonchev–Trinajstić information content (AvgIpc) is 3.01. The predicted octanol–water partition coefficient (Wildman–Crippen LogP) is 1.45.